The highest BCUT2D eigenvalue weighted by molar-refractivity contribution is 5.66. The lowest BCUT2D eigenvalue weighted by atomic mass is 10.7. The Balaban J connectivity index is 3.22. The largest absolute Gasteiger partial charge is 0.448 e. The maximum absolute atomic E-state index is 10.6. The molecular formula is C5H11N3O5. The van der Waals surface area contributed by atoms with Gasteiger partial charge < -0.3 is 20.6 Å². The summed E-state index contributed by atoms with van der Waals surface area (Å²) in [7, 11) is 0. The molecule has 0 rings (SSSR count). The van der Waals surface area contributed by atoms with Crippen LogP contribution in [0.25, 0.3) is 0 Å². The van der Waals surface area contributed by atoms with Crippen LogP contribution in [0.4, 0.5) is 4.79 Å². The van der Waals surface area contributed by atoms with Gasteiger partial charge in [-0.3, -0.25) is 0 Å². The van der Waals surface area contributed by atoms with Crippen LogP contribution in [0.2, 0.25) is 0 Å². The molecule has 0 fully saturated rings. The molecule has 0 saturated carbocycles. The van der Waals surface area contributed by atoms with Gasteiger partial charge in [-0.2, -0.15) is 0 Å². The van der Waals surface area contributed by atoms with E-state index in [1.165, 1.54) is 0 Å². The smallest absolute Gasteiger partial charge is 0.407 e. The number of nitrogens with zero attached hydrogens (tertiary/aromatic N) is 1. The number of carbonyl (C=O) groups excluding carboxylic acids is 1. The molecule has 0 aliphatic rings. The molecule has 0 aromatic heterocycles. The van der Waals surface area contributed by atoms with Gasteiger partial charge in [0.2, 0.25) is 0 Å². The first-order valence-electron chi connectivity index (χ1n) is 3.55. The van der Waals surface area contributed by atoms with Gasteiger partial charge in [0.05, 0.1) is 0 Å². The second-order valence-electron chi connectivity index (χ2n) is 1.91. The minimum atomic E-state index is -0.938. The van der Waals surface area contributed by atoms with E-state index in [-0.39, 0.29) is 26.3 Å². The SMILES string of the molecule is NCCOC(=O)NCCO[N+](=O)[O-]. The number of rotatable bonds is 6. The summed E-state index contributed by atoms with van der Waals surface area (Å²) in [5.74, 6) is 0. The van der Waals surface area contributed by atoms with Gasteiger partial charge in [-0.1, -0.05) is 0 Å². The molecule has 0 atom stereocenters. The highest BCUT2D eigenvalue weighted by atomic mass is 16.9. The Morgan fingerprint density at radius 3 is 2.77 bits per heavy atom. The third kappa shape index (κ3) is 8.34. The summed E-state index contributed by atoms with van der Waals surface area (Å²) in [4.78, 5) is 24.2. The molecule has 0 aromatic carbocycles. The number of nitrogens with two attached hydrogens (primary N) is 1. The van der Waals surface area contributed by atoms with Crippen molar-refractivity contribution in [3.63, 3.8) is 0 Å². The van der Waals surface area contributed by atoms with E-state index in [9.17, 15) is 14.9 Å². The number of carbonyl (C=O) groups is 1. The molecule has 76 valence electrons. The van der Waals surface area contributed by atoms with Crippen LogP contribution in [0.1, 0.15) is 0 Å². The van der Waals surface area contributed by atoms with Gasteiger partial charge in [-0.15, -0.1) is 10.1 Å². The minimum absolute atomic E-state index is 0.0182. The fourth-order valence-corrected chi connectivity index (χ4v) is 0.476. The number of ether oxygens (including phenoxy) is 1. The zero-order chi connectivity index (χ0) is 10.1. The molecule has 8 heteroatoms. The summed E-state index contributed by atoms with van der Waals surface area (Å²) in [5, 5.41) is 10.9. The lowest BCUT2D eigenvalue weighted by Gasteiger charge is -2.04. The van der Waals surface area contributed by atoms with Gasteiger partial charge >= 0.3 is 6.09 Å². The highest BCUT2D eigenvalue weighted by Gasteiger charge is 2.00. The van der Waals surface area contributed by atoms with Gasteiger partial charge in [-0.25, -0.2) is 4.79 Å². The quantitative estimate of drug-likeness (QED) is 0.313. The van der Waals surface area contributed by atoms with Crippen LogP contribution in [0, 0.1) is 10.1 Å². The van der Waals surface area contributed by atoms with Crippen LogP contribution in [-0.2, 0) is 9.57 Å². The molecule has 0 heterocycles. The fraction of sp³-hybridized carbons (Fsp3) is 0.800. The van der Waals surface area contributed by atoms with Crippen LogP contribution in [-0.4, -0.2) is 37.5 Å². The summed E-state index contributed by atoms with van der Waals surface area (Å²) in [5.41, 5.74) is 5.05. The molecule has 8 nitrogen and oxygen atoms in total. The Hall–Kier alpha value is -1.57. The molecule has 0 unspecified atom stereocenters. The van der Waals surface area contributed by atoms with Gasteiger partial charge in [0, 0.05) is 13.1 Å². The maximum atomic E-state index is 10.6. The predicted molar refractivity (Wildman–Crippen MR) is 41.4 cm³/mol. The fourth-order valence-electron chi connectivity index (χ4n) is 0.476. The van der Waals surface area contributed by atoms with Gasteiger partial charge in [0.1, 0.15) is 13.2 Å². The van der Waals surface area contributed by atoms with Crippen molar-refractivity contribution >= 4 is 6.09 Å². The third-order valence-electron chi connectivity index (χ3n) is 0.919. The summed E-state index contributed by atoms with van der Waals surface area (Å²) in [6.07, 6.45) is -0.669. The van der Waals surface area contributed by atoms with Crippen molar-refractivity contribution < 1.29 is 19.5 Å². The molecule has 0 saturated heterocycles. The lowest BCUT2D eigenvalue weighted by molar-refractivity contribution is -0.757. The van der Waals surface area contributed by atoms with Crippen molar-refractivity contribution in [3.8, 4) is 0 Å². The first kappa shape index (κ1) is 11.4. The molecular weight excluding hydrogens is 182 g/mol. The van der Waals surface area contributed by atoms with Crippen LogP contribution < -0.4 is 11.1 Å². The van der Waals surface area contributed by atoms with E-state index < -0.39 is 11.2 Å². The maximum Gasteiger partial charge on any atom is 0.407 e. The Labute approximate surface area is 74.1 Å². The molecule has 0 radical (unpaired) electrons. The average molecular weight is 193 g/mol. The zero-order valence-corrected chi connectivity index (χ0v) is 6.89. The zero-order valence-electron chi connectivity index (χ0n) is 6.89. The Kier molecular flexibility index (Phi) is 6.24. The van der Waals surface area contributed by atoms with E-state index in [1.807, 2.05) is 0 Å². The highest BCUT2D eigenvalue weighted by Crippen LogP contribution is 1.77. The molecule has 0 aliphatic heterocycles. The molecule has 0 bridgehead atoms. The first-order chi connectivity index (χ1) is 6.16. The molecule has 1 amide bonds. The standard InChI is InChI=1S/C5H11N3O5/c6-1-3-12-5(9)7-2-4-13-8(10)11/h1-4,6H2,(H,7,9). The van der Waals surface area contributed by atoms with Crippen LogP contribution in [0.5, 0.6) is 0 Å². The number of amides is 1. The average Bonchev–Trinajstić information content (AvgIpc) is 2.08. The second kappa shape index (κ2) is 7.10. The van der Waals surface area contributed by atoms with E-state index in [2.05, 4.69) is 14.9 Å². The topological polar surface area (TPSA) is 117 Å². The van der Waals surface area contributed by atoms with E-state index in [1.54, 1.807) is 0 Å². The van der Waals surface area contributed by atoms with Crippen LogP contribution >= 0.6 is 0 Å². The number of hydrogen-bond acceptors (Lipinski definition) is 6. The van der Waals surface area contributed by atoms with Gasteiger partial charge in [0.15, 0.2) is 0 Å². The van der Waals surface area contributed by atoms with Crippen molar-refractivity contribution in [1.82, 2.24) is 5.32 Å². The monoisotopic (exact) mass is 193 g/mol. The van der Waals surface area contributed by atoms with Gasteiger partial charge in [-0.05, 0) is 0 Å². The van der Waals surface area contributed by atoms with Crippen molar-refractivity contribution in [1.29, 1.82) is 0 Å². The number of hydrogen-bond donors (Lipinski definition) is 2. The molecule has 0 spiro atoms. The third-order valence-corrected chi connectivity index (χ3v) is 0.919. The van der Waals surface area contributed by atoms with Crippen molar-refractivity contribution in [3.05, 3.63) is 10.1 Å². The van der Waals surface area contributed by atoms with Gasteiger partial charge in [0.25, 0.3) is 5.09 Å². The summed E-state index contributed by atoms with van der Waals surface area (Å²) in [6, 6.07) is 0. The van der Waals surface area contributed by atoms with Crippen molar-refractivity contribution in [2.45, 2.75) is 0 Å². The summed E-state index contributed by atoms with van der Waals surface area (Å²) >= 11 is 0. The van der Waals surface area contributed by atoms with E-state index in [0.717, 1.165) is 0 Å². The lowest BCUT2D eigenvalue weighted by Crippen LogP contribution is -2.29. The van der Waals surface area contributed by atoms with Crippen molar-refractivity contribution in [2.75, 3.05) is 26.3 Å². The number of alkyl carbamates (subject to hydrolysis) is 1. The molecule has 13 heavy (non-hydrogen) atoms. The predicted octanol–water partition coefficient (Wildman–Crippen LogP) is -1.12. The Morgan fingerprint density at radius 2 is 2.23 bits per heavy atom. The second-order valence-corrected chi connectivity index (χ2v) is 1.91. The summed E-state index contributed by atoms with van der Waals surface area (Å²) in [6.45, 7) is 0.163. The van der Waals surface area contributed by atoms with E-state index in [0.29, 0.717) is 0 Å². The molecule has 0 aliphatic carbocycles. The Bertz CT molecular complexity index is 174. The van der Waals surface area contributed by atoms with Crippen LogP contribution in [0.15, 0.2) is 0 Å². The van der Waals surface area contributed by atoms with Crippen LogP contribution in [0.3, 0.4) is 0 Å². The first-order valence-corrected chi connectivity index (χ1v) is 3.55. The van der Waals surface area contributed by atoms with E-state index in [4.69, 9.17) is 5.73 Å². The normalized spacial score (nSPS) is 9.00. The molecule has 3 N–H and O–H groups in total. The summed E-state index contributed by atoms with van der Waals surface area (Å²) < 4.78 is 4.50. The Morgan fingerprint density at radius 1 is 1.54 bits per heavy atom. The number of nitrogens with one attached hydrogen (secondary N) is 1. The van der Waals surface area contributed by atoms with Crippen molar-refractivity contribution in [2.24, 2.45) is 5.73 Å². The minimum Gasteiger partial charge on any atom is -0.448 e. The van der Waals surface area contributed by atoms with E-state index >= 15 is 0 Å². The molecule has 0 aromatic rings.